The first-order valence-electron chi connectivity index (χ1n) is 7.93. The lowest BCUT2D eigenvalue weighted by atomic mass is 10.1. The van der Waals surface area contributed by atoms with Crippen LogP contribution in [-0.2, 0) is 13.2 Å². The molecule has 2 N–H and O–H groups in total. The summed E-state index contributed by atoms with van der Waals surface area (Å²) < 4.78 is 11.3. The Labute approximate surface area is 148 Å². The second-order valence-corrected chi connectivity index (χ2v) is 6.27. The first-order valence-corrected chi connectivity index (χ1v) is 8.31. The Bertz CT molecular complexity index is 656. The fourth-order valence-corrected chi connectivity index (χ4v) is 2.57. The number of aliphatic hydroxyl groups is 1. The van der Waals surface area contributed by atoms with Crippen molar-refractivity contribution in [2.75, 3.05) is 13.7 Å². The molecule has 0 radical (unpaired) electrons. The fourth-order valence-electron chi connectivity index (χ4n) is 2.28. The number of hydrogen-bond donors (Lipinski definition) is 2. The van der Waals surface area contributed by atoms with Gasteiger partial charge in [-0.3, -0.25) is 0 Å². The Morgan fingerprint density at radius 2 is 1.88 bits per heavy atom. The molecule has 0 aliphatic rings. The molecular formula is C19H24ClNO3. The minimum Gasteiger partial charge on any atom is -0.493 e. The maximum atomic E-state index is 9.29. The van der Waals surface area contributed by atoms with Crippen molar-refractivity contribution in [3.05, 3.63) is 58.1 Å². The zero-order valence-corrected chi connectivity index (χ0v) is 15.1. The largest absolute Gasteiger partial charge is 0.493 e. The Morgan fingerprint density at radius 1 is 1.17 bits per heavy atom. The van der Waals surface area contributed by atoms with Gasteiger partial charge in [-0.25, -0.2) is 0 Å². The van der Waals surface area contributed by atoms with Gasteiger partial charge in [0.15, 0.2) is 11.5 Å². The monoisotopic (exact) mass is 349 g/mol. The first kappa shape index (κ1) is 18.6. The topological polar surface area (TPSA) is 50.7 Å². The molecule has 2 rings (SSSR count). The average Bonchev–Trinajstić information content (AvgIpc) is 2.54. The van der Waals surface area contributed by atoms with Crippen LogP contribution < -0.4 is 14.8 Å². The molecule has 0 saturated heterocycles. The molecule has 2 aromatic carbocycles. The van der Waals surface area contributed by atoms with E-state index in [1.807, 2.05) is 24.3 Å². The van der Waals surface area contributed by atoms with E-state index in [1.165, 1.54) is 5.56 Å². The molecule has 0 fully saturated rings. The van der Waals surface area contributed by atoms with E-state index in [9.17, 15) is 5.11 Å². The van der Waals surface area contributed by atoms with Crippen LogP contribution in [0, 0.1) is 6.92 Å². The minimum absolute atomic E-state index is 0.389. The number of nitrogens with one attached hydrogen (secondary N) is 1. The summed E-state index contributed by atoms with van der Waals surface area (Å²) in [5.41, 5.74) is 3.25. The average molecular weight is 350 g/mol. The van der Waals surface area contributed by atoms with Crippen LogP contribution >= 0.6 is 11.6 Å². The van der Waals surface area contributed by atoms with Crippen molar-refractivity contribution in [2.24, 2.45) is 0 Å². The standard InChI is InChI=1S/C19H24ClNO3/c1-13-4-6-15(7-5-13)12-24-19-17(20)8-16(9-18(19)23-3)11-21-10-14(2)22/h4-9,14,21-22H,10-12H2,1-3H3/t14-/m0/s1. The van der Waals surface area contributed by atoms with Gasteiger partial charge in [0, 0.05) is 13.1 Å². The third-order valence-electron chi connectivity index (χ3n) is 3.56. The van der Waals surface area contributed by atoms with Crippen molar-refractivity contribution in [1.29, 1.82) is 0 Å². The highest BCUT2D eigenvalue weighted by molar-refractivity contribution is 6.32. The molecule has 24 heavy (non-hydrogen) atoms. The maximum Gasteiger partial charge on any atom is 0.180 e. The van der Waals surface area contributed by atoms with E-state index >= 15 is 0 Å². The molecule has 0 heterocycles. The van der Waals surface area contributed by atoms with Crippen LogP contribution in [-0.4, -0.2) is 24.9 Å². The number of aryl methyl sites for hydroxylation is 1. The van der Waals surface area contributed by atoms with E-state index in [2.05, 4.69) is 24.4 Å². The van der Waals surface area contributed by atoms with Gasteiger partial charge in [-0.15, -0.1) is 0 Å². The lowest BCUT2D eigenvalue weighted by Gasteiger charge is -2.15. The summed E-state index contributed by atoms with van der Waals surface area (Å²) in [6, 6.07) is 11.9. The number of rotatable bonds is 8. The van der Waals surface area contributed by atoms with Crippen molar-refractivity contribution < 1.29 is 14.6 Å². The molecule has 1 atom stereocenters. The van der Waals surface area contributed by atoms with Gasteiger partial charge >= 0.3 is 0 Å². The van der Waals surface area contributed by atoms with Crippen molar-refractivity contribution >= 4 is 11.6 Å². The van der Waals surface area contributed by atoms with Crippen LogP contribution in [0.3, 0.4) is 0 Å². The van der Waals surface area contributed by atoms with Gasteiger partial charge in [-0.1, -0.05) is 41.4 Å². The molecule has 5 heteroatoms. The van der Waals surface area contributed by atoms with Gasteiger partial charge in [0.25, 0.3) is 0 Å². The molecule has 2 aromatic rings. The number of aliphatic hydroxyl groups excluding tert-OH is 1. The van der Waals surface area contributed by atoms with E-state index in [0.29, 0.717) is 36.2 Å². The minimum atomic E-state index is -0.389. The lowest BCUT2D eigenvalue weighted by Crippen LogP contribution is -2.23. The van der Waals surface area contributed by atoms with Crippen LogP contribution in [0.4, 0.5) is 0 Å². The Morgan fingerprint density at radius 3 is 2.50 bits per heavy atom. The van der Waals surface area contributed by atoms with Crippen LogP contribution in [0.5, 0.6) is 11.5 Å². The Balaban J connectivity index is 2.07. The summed E-state index contributed by atoms with van der Waals surface area (Å²) in [4.78, 5) is 0. The van der Waals surface area contributed by atoms with Crippen molar-refractivity contribution in [2.45, 2.75) is 33.1 Å². The Hall–Kier alpha value is -1.75. The second kappa shape index (κ2) is 8.92. The van der Waals surface area contributed by atoms with Crippen LogP contribution in [0.15, 0.2) is 36.4 Å². The predicted molar refractivity (Wildman–Crippen MR) is 96.9 cm³/mol. The summed E-state index contributed by atoms with van der Waals surface area (Å²) in [7, 11) is 1.59. The third kappa shape index (κ3) is 5.41. The highest BCUT2D eigenvalue weighted by Crippen LogP contribution is 2.37. The SMILES string of the molecule is COc1cc(CNC[C@H](C)O)cc(Cl)c1OCc1ccc(C)cc1. The van der Waals surface area contributed by atoms with Gasteiger partial charge in [0.2, 0.25) is 0 Å². The van der Waals surface area contributed by atoms with Crippen molar-refractivity contribution in [1.82, 2.24) is 5.32 Å². The van der Waals surface area contributed by atoms with Crippen molar-refractivity contribution in [3.63, 3.8) is 0 Å². The maximum absolute atomic E-state index is 9.29. The number of methoxy groups -OCH3 is 1. The van der Waals surface area contributed by atoms with Crippen LogP contribution in [0.1, 0.15) is 23.6 Å². The normalized spacial score (nSPS) is 12.0. The molecule has 0 bridgehead atoms. The second-order valence-electron chi connectivity index (χ2n) is 5.86. The first-order chi connectivity index (χ1) is 11.5. The molecule has 0 amide bonds. The van der Waals surface area contributed by atoms with Gasteiger partial charge in [-0.2, -0.15) is 0 Å². The highest BCUT2D eigenvalue weighted by Gasteiger charge is 2.12. The Kier molecular flexibility index (Phi) is 6.91. The van der Waals surface area contributed by atoms with Crippen molar-refractivity contribution in [3.8, 4) is 11.5 Å². The lowest BCUT2D eigenvalue weighted by molar-refractivity contribution is 0.191. The molecular weight excluding hydrogens is 326 g/mol. The smallest absolute Gasteiger partial charge is 0.180 e. The predicted octanol–water partition coefficient (Wildman–Crippen LogP) is 3.71. The van der Waals surface area contributed by atoms with Crippen LogP contribution in [0.25, 0.3) is 0 Å². The summed E-state index contributed by atoms with van der Waals surface area (Å²) in [5.74, 6) is 1.14. The number of benzene rings is 2. The number of hydrogen-bond acceptors (Lipinski definition) is 4. The quantitative estimate of drug-likeness (QED) is 0.763. The molecule has 0 unspecified atom stereocenters. The zero-order chi connectivity index (χ0) is 17.5. The molecule has 0 aromatic heterocycles. The fraction of sp³-hybridized carbons (Fsp3) is 0.368. The van der Waals surface area contributed by atoms with Gasteiger partial charge in [0.05, 0.1) is 18.2 Å². The van der Waals surface area contributed by atoms with E-state index in [-0.39, 0.29) is 6.10 Å². The molecule has 0 aliphatic heterocycles. The summed E-state index contributed by atoms with van der Waals surface area (Å²) >= 11 is 6.36. The summed E-state index contributed by atoms with van der Waals surface area (Å²) in [5, 5.41) is 13.0. The number of ether oxygens (including phenoxy) is 2. The number of halogens is 1. The van der Waals surface area contributed by atoms with Crippen LogP contribution in [0.2, 0.25) is 5.02 Å². The van der Waals surface area contributed by atoms with Gasteiger partial charge in [0.1, 0.15) is 6.61 Å². The molecule has 0 saturated carbocycles. The van der Waals surface area contributed by atoms with E-state index in [1.54, 1.807) is 14.0 Å². The summed E-state index contributed by atoms with van der Waals surface area (Å²) in [6.45, 7) is 5.33. The third-order valence-corrected chi connectivity index (χ3v) is 3.84. The summed E-state index contributed by atoms with van der Waals surface area (Å²) in [6.07, 6.45) is -0.389. The molecule has 0 aliphatic carbocycles. The van der Waals surface area contributed by atoms with E-state index in [0.717, 1.165) is 11.1 Å². The van der Waals surface area contributed by atoms with Gasteiger partial charge < -0.3 is 19.9 Å². The van der Waals surface area contributed by atoms with E-state index in [4.69, 9.17) is 21.1 Å². The van der Waals surface area contributed by atoms with Gasteiger partial charge in [-0.05, 0) is 37.1 Å². The zero-order valence-electron chi connectivity index (χ0n) is 14.3. The molecule has 130 valence electrons. The van der Waals surface area contributed by atoms with E-state index < -0.39 is 0 Å². The molecule has 4 nitrogen and oxygen atoms in total. The molecule has 0 spiro atoms. The highest BCUT2D eigenvalue weighted by atomic mass is 35.5.